The third kappa shape index (κ3) is 3.10. The molecule has 0 bridgehead atoms. The topological polar surface area (TPSA) is 18.5 Å². The van der Waals surface area contributed by atoms with Gasteiger partial charge in [0.1, 0.15) is 0 Å². The van der Waals surface area contributed by atoms with E-state index in [9.17, 15) is 0 Å². The molecule has 2 nitrogen and oxygen atoms in total. The lowest BCUT2D eigenvalue weighted by molar-refractivity contribution is -0.161. The molecule has 19 heavy (non-hydrogen) atoms. The molecule has 0 amide bonds. The third-order valence-corrected chi connectivity index (χ3v) is 4.57. The summed E-state index contributed by atoms with van der Waals surface area (Å²) in [4.78, 5) is 0. The molecular weight excluding hydrogens is 304 g/mol. The van der Waals surface area contributed by atoms with Crippen molar-refractivity contribution in [2.45, 2.75) is 38.4 Å². The fourth-order valence-electron chi connectivity index (χ4n) is 2.78. The standard InChI is InChI=1S/C16H19BrO2/c17-15-5-3-4-13-12(7-8-14(13)15)9-11-19-16-6-1-2-10-18-16/h3-5,7,16H,1-2,6,8-11H2. The first-order valence-corrected chi connectivity index (χ1v) is 7.84. The molecule has 1 unspecified atom stereocenters. The van der Waals surface area contributed by atoms with Crippen LogP contribution in [0.1, 0.15) is 36.8 Å². The quantitative estimate of drug-likeness (QED) is 0.821. The number of ether oxygens (including phenoxy) is 2. The molecule has 1 saturated heterocycles. The van der Waals surface area contributed by atoms with Crippen LogP contribution in [0, 0.1) is 0 Å². The second kappa shape index (κ2) is 6.21. The summed E-state index contributed by atoms with van der Waals surface area (Å²) in [5, 5.41) is 0. The van der Waals surface area contributed by atoms with Gasteiger partial charge < -0.3 is 9.47 Å². The van der Waals surface area contributed by atoms with Crippen molar-refractivity contribution in [2.24, 2.45) is 0 Å². The summed E-state index contributed by atoms with van der Waals surface area (Å²) < 4.78 is 12.6. The lowest BCUT2D eigenvalue weighted by Crippen LogP contribution is -2.22. The van der Waals surface area contributed by atoms with Gasteiger partial charge in [0.05, 0.1) is 6.61 Å². The summed E-state index contributed by atoms with van der Waals surface area (Å²) in [6, 6.07) is 6.42. The van der Waals surface area contributed by atoms with E-state index in [-0.39, 0.29) is 6.29 Å². The summed E-state index contributed by atoms with van der Waals surface area (Å²) in [5.74, 6) is 0. The van der Waals surface area contributed by atoms with Crippen molar-refractivity contribution >= 4 is 21.5 Å². The highest BCUT2D eigenvalue weighted by Gasteiger charge is 2.17. The Morgan fingerprint density at radius 3 is 3.11 bits per heavy atom. The average molecular weight is 323 g/mol. The van der Waals surface area contributed by atoms with Gasteiger partial charge in [-0.25, -0.2) is 0 Å². The predicted octanol–water partition coefficient (Wildman–Crippen LogP) is 4.32. The molecule has 1 aliphatic heterocycles. The van der Waals surface area contributed by atoms with Gasteiger partial charge in [-0.1, -0.05) is 34.1 Å². The van der Waals surface area contributed by atoms with Gasteiger partial charge in [-0.2, -0.15) is 0 Å². The van der Waals surface area contributed by atoms with E-state index in [0.717, 1.165) is 32.5 Å². The van der Waals surface area contributed by atoms with E-state index in [0.29, 0.717) is 0 Å². The van der Waals surface area contributed by atoms with Crippen molar-refractivity contribution in [1.29, 1.82) is 0 Å². The van der Waals surface area contributed by atoms with Gasteiger partial charge in [-0.3, -0.25) is 0 Å². The Morgan fingerprint density at radius 2 is 2.26 bits per heavy atom. The summed E-state index contributed by atoms with van der Waals surface area (Å²) >= 11 is 3.62. The summed E-state index contributed by atoms with van der Waals surface area (Å²) in [7, 11) is 0. The van der Waals surface area contributed by atoms with Crippen molar-refractivity contribution < 1.29 is 9.47 Å². The van der Waals surface area contributed by atoms with Crippen LogP contribution in [0.15, 0.2) is 28.7 Å². The number of allylic oxidation sites excluding steroid dienone is 1. The van der Waals surface area contributed by atoms with Crippen LogP contribution in [0.3, 0.4) is 0 Å². The molecule has 0 spiro atoms. The van der Waals surface area contributed by atoms with E-state index in [4.69, 9.17) is 9.47 Å². The number of halogens is 1. The van der Waals surface area contributed by atoms with Crippen LogP contribution in [-0.4, -0.2) is 19.5 Å². The monoisotopic (exact) mass is 322 g/mol. The van der Waals surface area contributed by atoms with Crippen molar-refractivity contribution in [2.75, 3.05) is 13.2 Å². The molecule has 102 valence electrons. The summed E-state index contributed by atoms with van der Waals surface area (Å²) in [5.41, 5.74) is 4.20. The van der Waals surface area contributed by atoms with E-state index in [1.165, 1.54) is 34.0 Å². The minimum absolute atomic E-state index is 0.0257. The Morgan fingerprint density at radius 1 is 1.32 bits per heavy atom. The molecule has 0 saturated carbocycles. The number of rotatable bonds is 4. The van der Waals surface area contributed by atoms with E-state index in [1.807, 2.05) is 0 Å². The van der Waals surface area contributed by atoms with Crippen LogP contribution < -0.4 is 0 Å². The predicted molar refractivity (Wildman–Crippen MR) is 80.0 cm³/mol. The highest BCUT2D eigenvalue weighted by Crippen LogP contribution is 2.34. The Kier molecular flexibility index (Phi) is 4.36. The Bertz CT molecular complexity index is 476. The Balaban J connectivity index is 1.53. The summed E-state index contributed by atoms with van der Waals surface area (Å²) in [6.45, 7) is 1.60. The second-order valence-electron chi connectivity index (χ2n) is 5.12. The molecule has 0 radical (unpaired) electrons. The smallest absolute Gasteiger partial charge is 0.157 e. The molecule has 0 aromatic heterocycles. The van der Waals surface area contributed by atoms with Gasteiger partial charge >= 0.3 is 0 Å². The molecule has 1 heterocycles. The molecule has 1 aliphatic carbocycles. The van der Waals surface area contributed by atoms with Crippen LogP contribution in [0.4, 0.5) is 0 Å². The SMILES string of the molecule is Brc1cccc2c1CC=C2CCOC1CCCCO1. The average Bonchev–Trinajstić information content (AvgIpc) is 2.85. The molecular formula is C16H19BrO2. The van der Waals surface area contributed by atoms with Gasteiger partial charge in [-0.15, -0.1) is 0 Å². The number of hydrogen-bond acceptors (Lipinski definition) is 2. The van der Waals surface area contributed by atoms with Crippen molar-refractivity contribution in [3.05, 3.63) is 39.9 Å². The van der Waals surface area contributed by atoms with Crippen LogP contribution in [0.25, 0.3) is 5.57 Å². The minimum Gasteiger partial charge on any atom is -0.353 e. The van der Waals surface area contributed by atoms with Gasteiger partial charge in [0.2, 0.25) is 0 Å². The van der Waals surface area contributed by atoms with Crippen LogP contribution in [0.5, 0.6) is 0 Å². The molecule has 3 rings (SSSR count). The molecule has 1 atom stereocenters. The number of fused-ring (bicyclic) bond motifs is 1. The van der Waals surface area contributed by atoms with Crippen molar-refractivity contribution in [3.8, 4) is 0 Å². The molecule has 0 N–H and O–H groups in total. The fourth-order valence-corrected chi connectivity index (χ4v) is 3.31. The van der Waals surface area contributed by atoms with E-state index in [1.54, 1.807) is 0 Å². The third-order valence-electron chi connectivity index (χ3n) is 3.83. The fraction of sp³-hybridized carbons (Fsp3) is 0.500. The molecule has 1 aromatic carbocycles. The van der Waals surface area contributed by atoms with Gasteiger partial charge in [0, 0.05) is 11.1 Å². The number of benzene rings is 1. The zero-order chi connectivity index (χ0) is 13.1. The second-order valence-corrected chi connectivity index (χ2v) is 5.97. The zero-order valence-corrected chi connectivity index (χ0v) is 12.6. The first-order valence-electron chi connectivity index (χ1n) is 7.04. The van der Waals surface area contributed by atoms with Crippen molar-refractivity contribution in [3.63, 3.8) is 0 Å². The van der Waals surface area contributed by atoms with Crippen LogP contribution in [0.2, 0.25) is 0 Å². The van der Waals surface area contributed by atoms with Gasteiger partial charge in [0.25, 0.3) is 0 Å². The van der Waals surface area contributed by atoms with E-state index in [2.05, 4.69) is 40.2 Å². The largest absolute Gasteiger partial charge is 0.353 e. The Labute approximate surface area is 122 Å². The zero-order valence-electron chi connectivity index (χ0n) is 11.0. The maximum absolute atomic E-state index is 5.82. The first kappa shape index (κ1) is 13.3. The molecule has 3 heteroatoms. The van der Waals surface area contributed by atoms with Crippen molar-refractivity contribution in [1.82, 2.24) is 0 Å². The minimum atomic E-state index is 0.0257. The summed E-state index contributed by atoms with van der Waals surface area (Å²) in [6.07, 6.45) is 7.80. The first-order chi connectivity index (χ1) is 9.34. The maximum Gasteiger partial charge on any atom is 0.157 e. The normalized spacial score (nSPS) is 22.2. The molecule has 2 aliphatic rings. The van der Waals surface area contributed by atoms with Gasteiger partial charge in [0.15, 0.2) is 6.29 Å². The van der Waals surface area contributed by atoms with E-state index >= 15 is 0 Å². The molecule has 1 aromatic rings. The number of hydrogen-bond donors (Lipinski definition) is 0. The van der Waals surface area contributed by atoms with Crippen LogP contribution in [-0.2, 0) is 15.9 Å². The Hall–Kier alpha value is -0.640. The molecule has 1 fully saturated rings. The lowest BCUT2D eigenvalue weighted by Gasteiger charge is -2.22. The highest BCUT2D eigenvalue weighted by atomic mass is 79.9. The highest BCUT2D eigenvalue weighted by molar-refractivity contribution is 9.10. The van der Waals surface area contributed by atoms with Crippen LogP contribution >= 0.6 is 15.9 Å². The lowest BCUT2D eigenvalue weighted by atomic mass is 10.0. The van der Waals surface area contributed by atoms with Gasteiger partial charge in [-0.05, 0) is 54.9 Å². The maximum atomic E-state index is 5.82. The van der Waals surface area contributed by atoms with E-state index < -0.39 is 0 Å².